The molecule has 16 aliphatic rings. The third kappa shape index (κ3) is 11.7. The number of ketones is 3. The van der Waals surface area contributed by atoms with E-state index >= 15 is 0 Å². The molecule has 656 valence electrons. The van der Waals surface area contributed by atoms with Crippen molar-refractivity contribution in [1.82, 2.24) is 36.0 Å². The quantitative estimate of drug-likeness (QED) is 0.0643. The minimum absolute atomic E-state index is 0.000681. The molecule has 15 aliphatic carbocycles. The fourth-order valence-corrected chi connectivity index (χ4v) is 35.1. The molecule has 3 unspecified atom stereocenters. The van der Waals surface area contributed by atoms with Crippen molar-refractivity contribution in [2.24, 2.45) is 163 Å². The van der Waals surface area contributed by atoms with Crippen molar-refractivity contribution in [3.63, 3.8) is 0 Å². The predicted octanol–water partition coefficient (Wildman–Crippen LogP) is 14.7. The predicted molar refractivity (Wildman–Crippen MR) is 467 cm³/mol. The number of Topliss-reactive ketones (excluding diaryl/α,β-unsaturated/α-hetero) is 3. The molecule has 1 aromatic rings. The van der Waals surface area contributed by atoms with Crippen molar-refractivity contribution < 1.29 is 39.3 Å². The zero-order valence-electron chi connectivity index (χ0n) is 77.6. The number of rotatable bonds is 19. The fraction of sp³-hybridized carbons (Fsp3) is 0.880. The van der Waals surface area contributed by atoms with Crippen LogP contribution in [0.15, 0.2) is 35.3 Å². The second-order valence-corrected chi connectivity index (χ2v) is 47.1. The molecular formula is C100H163N9O8. The van der Waals surface area contributed by atoms with Gasteiger partial charge in [-0.3, -0.25) is 29.0 Å². The summed E-state index contributed by atoms with van der Waals surface area (Å²) in [6, 6.07) is 11.9. The first-order valence-corrected chi connectivity index (χ1v) is 47.7. The Morgan fingerprint density at radius 1 is 0.496 bits per heavy atom. The maximum Gasteiger partial charge on any atom is 0.223 e. The topological polar surface area (TPSA) is 242 Å². The number of hydrogen-bond donors (Lipinski definition) is 8. The average Bonchev–Trinajstić information content (AvgIpc) is 1.47. The number of amides is 2. The normalized spacial score (nSPS) is 50.4. The van der Waals surface area contributed by atoms with Gasteiger partial charge >= 0.3 is 0 Å². The van der Waals surface area contributed by atoms with E-state index in [-0.39, 0.29) is 171 Å². The molecule has 15 saturated carbocycles. The van der Waals surface area contributed by atoms with Crippen LogP contribution < -0.4 is 27.0 Å². The third-order valence-electron chi connectivity index (χ3n) is 43.0. The van der Waals surface area contributed by atoms with Crippen molar-refractivity contribution in [1.29, 1.82) is 0 Å². The van der Waals surface area contributed by atoms with Crippen LogP contribution in [0, 0.1) is 152 Å². The number of fused-ring (bicyclic) bond motifs is 8. The maximum absolute atomic E-state index is 14.8. The van der Waals surface area contributed by atoms with E-state index < -0.39 is 0 Å². The van der Waals surface area contributed by atoms with E-state index in [4.69, 9.17) is 10.7 Å². The molecule has 9 N–H and O–H groups in total. The number of aliphatic hydroxyl groups excluding tert-OH is 3. The molecule has 17 rings (SSSR count). The van der Waals surface area contributed by atoms with Crippen molar-refractivity contribution in [2.75, 3.05) is 61.9 Å². The van der Waals surface area contributed by atoms with Gasteiger partial charge in [-0.15, -0.1) is 0 Å². The van der Waals surface area contributed by atoms with Gasteiger partial charge in [-0.25, -0.2) is 0 Å². The van der Waals surface area contributed by atoms with Crippen molar-refractivity contribution in [3.8, 4) is 0 Å². The molecule has 0 radical (unpaired) electrons. The van der Waals surface area contributed by atoms with Crippen molar-refractivity contribution >= 4 is 35.0 Å². The number of aliphatic imine (C=N–C) groups is 1. The maximum atomic E-state index is 14.8. The summed E-state index contributed by atoms with van der Waals surface area (Å²) in [4.78, 5) is 81.8. The van der Waals surface area contributed by atoms with Gasteiger partial charge in [0.25, 0.3) is 0 Å². The fourth-order valence-electron chi connectivity index (χ4n) is 35.1. The standard InChI is InChI=1S/C38H59N3O3.C31H53N3O3.C31H51N3O2/c1-9-24(2)33(44)40-30-17-18-37-22-38(37)29(16-15-28(37)34(30,4)23-39-21-26-13-11-10-12-14-26)35(5)19-27(42)32(25(3)41(7)8)36(35,6)20-31(38)43;1-9-18(2)26(37)33-23-12-13-30-16-31(30)22(11-10-21(30)27(23,4)17-32)28(5)14-20(35)25(19(3)34(7)8)29(28,6)15-24(31)36;1-9-18(2)26-32-17-27(4)21-10-11-22-28(5)14-20(35)25(19(3)34(7)8)29(28,6)15-24(36)31(22)16-30(21,31)13-12-23(27)33-26/h10-14,24-25,27-30,32,39,42H,9,15-23H2,1-8H3,(H,40,44);18-23,25,35H,9-17,32H2,1-8H3,(H,33,37);18-23,25,35H,9-17H2,1-8H3,(H,32,33)/t24-,25-,27+,28-,29-,30-,32-,34-,35-,36+,37?,38-;2*18-,19-,20+,21-,22-,23-,25-,27-,28-,29+,30?,31-/m000/s1. The number of carbonyl (C=O) groups is 5. The largest absolute Gasteiger partial charge is 0.393 e. The second kappa shape index (κ2) is 29.5. The molecule has 1 heterocycles. The Bertz CT molecular complexity index is 4020. The SMILES string of the molecule is CC[C@H](C)C(=O)N[C@H]1CCC23C[C@]24C(=O)C[C@]2(C)[C@@H]([C@H](C)N(C)C)[C@H](O)C[C@@]2(C)[C@@H]4CC[C@H]3[C@]1(C)CN.CC[C@H](C)C(=O)N[C@H]1CCC23C[C@]24C(=O)C[C@]2(C)[C@@H]([C@H](C)N(C)C)[C@H](O)C[C@@]2(C)[C@@H]4CC[C@H]3[C@]1(C)CNCc1ccccc1.CC[C@H](C)C1=NC[C@]2(C)[C@H](CCC34C[C@]35C(=O)C[C@]3(C)[C@@H]([C@H](C)N(C)C)[C@H](O)C[C@@]3(C)[C@@H]5CC[C@H]42)N1. The highest BCUT2D eigenvalue weighted by molar-refractivity contribution is 5.94. The Balaban J connectivity index is 0.000000138. The lowest BCUT2D eigenvalue weighted by atomic mass is 9.41. The third-order valence-corrected chi connectivity index (χ3v) is 43.0. The van der Waals surface area contributed by atoms with Crippen LogP contribution in [0.5, 0.6) is 0 Å². The summed E-state index contributed by atoms with van der Waals surface area (Å²) < 4.78 is 0. The van der Waals surface area contributed by atoms with E-state index in [9.17, 15) is 39.3 Å². The number of hydrogen-bond acceptors (Lipinski definition) is 15. The second-order valence-electron chi connectivity index (χ2n) is 47.1. The first-order chi connectivity index (χ1) is 54.7. The van der Waals surface area contributed by atoms with Crippen LogP contribution in [0.25, 0.3) is 0 Å². The zero-order chi connectivity index (χ0) is 85.3. The van der Waals surface area contributed by atoms with E-state index in [1.165, 1.54) is 30.7 Å². The summed E-state index contributed by atoms with van der Waals surface area (Å²) in [5.74, 6) is 6.24. The average molecular weight is 1620 g/mol. The van der Waals surface area contributed by atoms with E-state index in [0.717, 1.165) is 135 Å². The number of benzene rings is 1. The lowest BCUT2D eigenvalue weighted by molar-refractivity contribution is -0.171. The van der Waals surface area contributed by atoms with E-state index in [2.05, 4.69) is 219 Å². The van der Waals surface area contributed by atoms with Gasteiger partial charge in [-0.1, -0.05) is 134 Å². The number of nitrogens with zero attached hydrogens (tertiary/aromatic N) is 4. The highest BCUT2D eigenvalue weighted by Gasteiger charge is 2.90. The Kier molecular flexibility index (Phi) is 22.2. The zero-order valence-corrected chi connectivity index (χ0v) is 77.6. The Hall–Kier alpha value is -3.68. The van der Waals surface area contributed by atoms with Gasteiger partial charge < -0.3 is 57.0 Å². The lowest BCUT2D eigenvalue weighted by Crippen LogP contribution is -2.65. The molecule has 2 amide bonds. The molecule has 0 saturated heterocycles. The number of aliphatic hydroxyl groups is 3. The van der Waals surface area contributed by atoms with Crippen LogP contribution in [0.1, 0.15) is 284 Å². The molecular weight excluding hydrogens is 1460 g/mol. The van der Waals surface area contributed by atoms with Gasteiger partial charge in [0.05, 0.1) is 24.1 Å². The van der Waals surface area contributed by atoms with Gasteiger partial charge in [0.1, 0.15) is 17.3 Å². The molecule has 17 nitrogen and oxygen atoms in total. The number of nitrogens with two attached hydrogens (primary N) is 1. The Morgan fingerprint density at radius 2 is 0.855 bits per heavy atom. The summed E-state index contributed by atoms with van der Waals surface area (Å²) in [5, 5.41) is 49.3. The van der Waals surface area contributed by atoms with Crippen LogP contribution in [0.3, 0.4) is 0 Å². The van der Waals surface area contributed by atoms with Gasteiger partial charge in [0.15, 0.2) is 0 Å². The van der Waals surface area contributed by atoms with Gasteiger partial charge in [0.2, 0.25) is 11.8 Å². The number of amidine groups is 1. The van der Waals surface area contributed by atoms with Crippen molar-refractivity contribution in [2.45, 2.75) is 340 Å². The molecule has 0 bridgehead atoms. The number of nitrogens with one attached hydrogen (secondary N) is 4. The molecule has 0 aromatic heterocycles. The van der Waals surface area contributed by atoms with Gasteiger partial charge in [0, 0.05) is 143 Å². The van der Waals surface area contributed by atoms with Crippen molar-refractivity contribution in [3.05, 3.63) is 35.9 Å². The van der Waals surface area contributed by atoms with Crippen LogP contribution >= 0.6 is 0 Å². The smallest absolute Gasteiger partial charge is 0.223 e. The summed E-state index contributed by atoms with van der Waals surface area (Å²) in [6.45, 7) is 44.1. The summed E-state index contributed by atoms with van der Waals surface area (Å²) >= 11 is 0. The highest BCUT2D eigenvalue weighted by atomic mass is 16.3. The minimum Gasteiger partial charge on any atom is -0.393 e. The van der Waals surface area contributed by atoms with Gasteiger partial charge in [-0.05, 0) is 294 Å². The monoisotopic (exact) mass is 1620 g/mol. The first-order valence-electron chi connectivity index (χ1n) is 47.7. The van der Waals surface area contributed by atoms with Gasteiger partial charge in [-0.2, -0.15) is 0 Å². The number of carbonyl (C=O) groups excluding carboxylic acids is 5. The van der Waals surface area contributed by atoms with Crippen LogP contribution in [0.4, 0.5) is 0 Å². The van der Waals surface area contributed by atoms with Crippen LogP contribution in [-0.4, -0.2) is 182 Å². The molecule has 17 heteroatoms. The Labute approximate surface area is 707 Å². The summed E-state index contributed by atoms with van der Waals surface area (Å²) in [6.07, 6.45) is 21.9. The lowest BCUT2D eigenvalue weighted by Gasteiger charge is -2.63. The molecule has 117 heavy (non-hydrogen) atoms. The molecule has 1 aliphatic heterocycles. The van der Waals surface area contributed by atoms with Crippen LogP contribution in [0.2, 0.25) is 0 Å². The van der Waals surface area contributed by atoms with Crippen LogP contribution in [-0.2, 0) is 30.5 Å². The highest BCUT2D eigenvalue weighted by Crippen LogP contribution is 2.92. The molecule has 1 aromatic carbocycles. The summed E-state index contributed by atoms with van der Waals surface area (Å²) in [5.41, 5.74) is 6.50. The Morgan fingerprint density at radius 3 is 1.23 bits per heavy atom. The summed E-state index contributed by atoms with van der Waals surface area (Å²) in [7, 11) is 12.6. The first kappa shape index (κ1) is 88.2. The van der Waals surface area contributed by atoms with E-state index in [1.54, 1.807) is 0 Å². The molecule has 6 spiro atoms. The molecule has 36 atom stereocenters. The minimum atomic E-state index is -0.378. The van der Waals surface area contributed by atoms with E-state index in [1.807, 2.05) is 13.8 Å². The van der Waals surface area contributed by atoms with E-state index in [0.29, 0.717) is 90.6 Å². The molecule has 15 fully saturated rings.